The van der Waals surface area contributed by atoms with Gasteiger partial charge in [-0.05, 0) is 34.6 Å². The van der Waals surface area contributed by atoms with Gasteiger partial charge in [0, 0.05) is 17.0 Å². The first kappa shape index (κ1) is 14.6. The Morgan fingerprint density at radius 3 is 1.67 bits per heavy atom. The van der Waals surface area contributed by atoms with Crippen LogP contribution >= 0.6 is 0 Å². The molecule has 0 heterocycles. The minimum absolute atomic E-state index is 0.0507. The number of carbonyl (C=O) groups excluding carboxylic acids is 1. The molecule has 2 nitrogen and oxygen atoms in total. The summed E-state index contributed by atoms with van der Waals surface area (Å²) in [6, 6.07) is 0.399. The lowest BCUT2D eigenvalue weighted by Crippen LogP contribution is -2.50. The summed E-state index contributed by atoms with van der Waals surface area (Å²) in [4.78, 5) is 14.2. The van der Waals surface area contributed by atoms with Gasteiger partial charge in [-0.1, -0.05) is 20.8 Å². The zero-order chi connectivity index (χ0) is 12.4. The summed E-state index contributed by atoms with van der Waals surface area (Å²) in [5.74, 6) is 0.311. The number of ketones is 1. The summed E-state index contributed by atoms with van der Waals surface area (Å²) in [6.45, 7) is 17.2. The van der Waals surface area contributed by atoms with Gasteiger partial charge >= 0.3 is 0 Å². The van der Waals surface area contributed by atoms with E-state index in [1.807, 2.05) is 20.8 Å². The van der Waals surface area contributed by atoms with Crippen LogP contribution in [-0.2, 0) is 4.79 Å². The molecule has 90 valence electrons. The number of nitrogens with zero attached hydrogens (tertiary/aromatic N) is 1. The topological polar surface area (TPSA) is 20.3 Å². The van der Waals surface area contributed by atoms with Crippen molar-refractivity contribution in [1.29, 1.82) is 0 Å². The van der Waals surface area contributed by atoms with E-state index in [1.54, 1.807) is 0 Å². The summed E-state index contributed by atoms with van der Waals surface area (Å²) in [5.41, 5.74) is -0.187. The molecule has 0 radical (unpaired) electrons. The van der Waals surface area contributed by atoms with E-state index in [2.05, 4.69) is 39.5 Å². The van der Waals surface area contributed by atoms with Crippen molar-refractivity contribution in [2.24, 2.45) is 5.41 Å². The van der Waals surface area contributed by atoms with Crippen LogP contribution in [0.3, 0.4) is 0 Å². The van der Waals surface area contributed by atoms with Crippen molar-refractivity contribution in [1.82, 2.24) is 4.90 Å². The Kier molecular flexibility index (Phi) is 4.53. The molecule has 0 aromatic heterocycles. The van der Waals surface area contributed by atoms with Crippen LogP contribution in [0.4, 0.5) is 0 Å². The third-order valence-corrected chi connectivity index (χ3v) is 2.64. The summed E-state index contributed by atoms with van der Waals surface area (Å²) in [6.07, 6.45) is 0. The van der Waals surface area contributed by atoms with Gasteiger partial charge in [-0.2, -0.15) is 0 Å². The molecule has 0 N–H and O–H groups in total. The fourth-order valence-electron chi connectivity index (χ4n) is 1.59. The highest BCUT2D eigenvalue weighted by Gasteiger charge is 2.30. The van der Waals surface area contributed by atoms with Crippen LogP contribution in [0.25, 0.3) is 0 Å². The van der Waals surface area contributed by atoms with Gasteiger partial charge in [-0.25, -0.2) is 0 Å². The van der Waals surface area contributed by atoms with E-state index in [-0.39, 0.29) is 11.0 Å². The maximum absolute atomic E-state index is 12.0. The average Bonchev–Trinajstić information content (AvgIpc) is 1.94. The van der Waals surface area contributed by atoms with Gasteiger partial charge in [0.25, 0.3) is 0 Å². The third-order valence-electron chi connectivity index (χ3n) is 2.64. The smallest absolute Gasteiger partial charge is 0.152 e. The van der Waals surface area contributed by atoms with Gasteiger partial charge in [0.2, 0.25) is 0 Å². The van der Waals surface area contributed by atoms with E-state index >= 15 is 0 Å². The molecule has 2 heteroatoms. The second-order valence-corrected chi connectivity index (χ2v) is 6.57. The lowest BCUT2D eigenvalue weighted by Gasteiger charge is -2.39. The Morgan fingerprint density at radius 2 is 1.47 bits per heavy atom. The molecule has 0 aromatic rings. The maximum Gasteiger partial charge on any atom is 0.152 e. The van der Waals surface area contributed by atoms with Crippen molar-refractivity contribution in [3.05, 3.63) is 0 Å². The molecule has 0 aliphatic rings. The molecule has 15 heavy (non-hydrogen) atoms. The molecule has 0 atom stereocenters. The van der Waals surface area contributed by atoms with Crippen LogP contribution in [0.15, 0.2) is 0 Å². The molecule has 0 fully saturated rings. The first-order valence-electron chi connectivity index (χ1n) is 5.76. The van der Waals surface area contributed by atoms with Crippen LogP contribution in [0.5, 0.6) is 0 Å². The Labute approximate surface area is 95.0 Å². The van der Waals surface area contributed by atoms with Gasteiger partial charge < -0.3 is 0 Å². The maximum atomic E-state index is 12.0. The molecule has 0 aliphatic heterocycles. The van der Waals surface area contributed by atoms with Crippen LogP contribution in [0.1, 0.15) is 55.4 Å². The van der Waals surface area contributed by atoms with E-state index in [4.69, 9.17) is 0 Å². The first-order valence-corrected chi connectivity index (χ1v) is 5.76. The Hall–Kier alpha value is -0.370. The lowest BCUT2D eigenvalue weighted by atomic mass is 9.89. The minimum Gasteiger partial charge on any atom is -0.298 e. The summed E-state index contributed by atoms with van der Waals surface area (Å²) in [5, 5.41) is 0. The van der Waals surface area contributed by atoms with Crippen molar-refractivity contribution in [3.63, 3.8) is 0 Å². The van der Waals surface area contributed by atoms with Crippen molar-refractivity contribution in [2.75, 3.05) is 6.54 Å². The molecule has 0 spiro atoms. The molecular weight excluding hydrogens is 186 g/mol. The van der Waals surface area contributed by atoms with Gasteiger partial charge in [0.15, 0.2) is 5.78 Å². The lowest BCUT2D eigenvalue weighted by molar-refractivity contribution is -0.129. The standard InChI is InChI=1S/C13H27NO/c1-10(2)14(13(6,7)8)9-11(15)12(3,4)5/h10H,9H2,1-8H3. The fourth-order valence-corrected chi connectivity index (χ4v) is 1.59. The Balaban J connectivity index is 4.66. The van der Waals surface area contributed by atoms with Crippen LogP contribution in [0.2, 0.25) is 0 Å². The zero-order valence-electron chi connectivity index (χ0n) is 11.6. The highest BCUT2D eigenvalue weighted by Crippen LogP contribution is 2.21. The van der Waals surface area contributed by atoms with E-state index in [0.717, 1.165) is 0 Å². The van der Waals surface area contributed by atoms with Crippen molar-refractivity contribution < 1.29 is 4.79 Å². The number of hydrogen-bond acceptors (Lipinski definition) is 2. The summed E-state index contributed by atoms with van der Waals surface area (Å²) in [7, 11) is 0. The van der Waals surface area contributed by atoms with Crippen molar-refractivity contribution >= 4 is 5.78 Å². The molecule has 0 rings (SSSR count). The van der Waals surface area contributed by atoms with Gasteiger partial charge in [0.1, 0.15) is 0 Å². The molecule has 0 aromatic carbocycles. The molecule has 0 unspecified atom stereocenters. The third kappa shape index (κ3) is 4.78. The Morgan fingerprint density at radius 1 is 1.07 bits per heavy atom. The molecule has 0 aliphatic carbocycles. The van der Waals surface area contributed by atoms with Gasteiger partial charge in [-0.3, -0.25) is 9.69 Å². The van der Waals surface area contributed by atoms with Crippen molar-refractivity contribution in [3.8, 4) is 0 Å². The van der Waals surface area contributed by atoms with E-state index in [9.17, 15) is 4.79 Å². The number of carbonyl (C=O) groups is 1. The normalized spacial score (nSPS) is 13.7. The highest BCUT2D eigenvalue weighted by molar-refractivity contribution is 5.85. The quantitative estimate of drug-likeness (QED) is 0.718. The average molecular weight is 213 g/mol. The molecule has 0 saturated heterocycles. The fraction of sp³-hybridized carbons (Fsp3) is 0.923. The van der Waals surface area contributed by atoms with Crippen LogP contribution in [-0.4, -0.2) is 28.8 Å². The second-order valence-electron chi connectivity index (χ2n) is 6.57. The van der Waals surface area contributed by atoms with E-state index in [0.29, 0.717) is 18.4 Å². The number of rotatable bonds is 3. The van der Waals surface area contributed by atoms with Crippen LogP contribution in [0, 0.1) is 5.41 Å². The zero-order valence-corrected chi connectivity index (χ0v) is 11.6. The van der Waals surface area contributed by atoms with Gasteiger partial charge in [-0.15, -0.1) is 0 Å². The van der Waals surface area contributed by atoms with Crippen molar-refractivity contribution in [2.45, 2.75) is 67.0 Å². The predicted molar refractivity (Wildman–Crippen MR) is 66.1 cm³/mol. The number of hydrogen-bond donors (Lipinski definition) is 0. The van der Waals surface area contributed by atoms with Crippen LogP contribution < -0.4 is 0 Å². The second kappa shape index (κ2) is 4.65. The number of Topliss-reactive ketones (excluding diaryl/α,β-unsaturated/α-hetero) is 1. The monoisotopic (exact) mass is 213 g/mol. The first-order chi connectivity index (χ1) is 6.46. The molecule has 0 saturated carbocycles. The largest absolute Gasteiger partial charge is 0.298 e. The summed E-state index contributed by atoms with van der Waals surface area (Å²) < 4.78 is 0. The SMILES string of the molecule is CC(C)N(CC(=O)C(C)(C)C)C(C)(C)C. The van der Waals surface area contributed by atoms with Gasteiger partial charge in [0.05, 0.1) is 6.54 Å². The molecular formula is C13H27NO. The van der Waals surface area contributed by atoms with E-state index in [1.165, 1.54) is 0 Å². The predicted octanol–water partition coefficient (Wildman–Crippen LogP) is 3.11. The minimum atomic E-state index is -0.238. The Bertz CT molecular complexity index is 218. The molecule has 0 bridgehead atoms. The molecule has 0 amide bonds. The highest BCUT2D eigenvalue weighted by atomic mass is 16.1. The summed E-state index contributed by atoms with van der Waals surface area (Å²) >= 11 is 0. The van der Waals surface area contributed by atoms with E-state index < -0.39 is 0 Å².